The number of hydrogen-bond acceptors (Lipinski definition) is 4. The van der Waals surface area contributed by atoms with Gasteiger partial charge in [0.05, 0.1) is 0 Å². The first-order valence-corrected chi connectivity index (χ1v) is 15.6. The zero-order valence-corrected chi connectivity index (χ0v) is 25.2. The van der Waals surface area contributed by atoms with Crippen molar-refractivity contribution in [2.75, 3.05) is 0 Å². The second-order valence-corrected chi connectivity index (χ2v) is 11.7. The van der Waals surface area contributed by atoms with Crippen LogP contribution >= 0.6 is 0 Å². The molecule has 0 unspecified atom stereocenters. The van der Waals surface area contributed by atoms with E-state index in [9.17, 15) is 24.6 Å². The zero-order chi connectivity index (χ0) is 30.6. The van der Waals surface area contributed by atoms with Crippen molar-refractivity contribution in [3.63, 3.8) is 0 Å². The summed E-state index contributed by atoms with van der Waals surface area (Å²) in [6.45, 7) is 2.98. The second-order valence-electron chi connectivity index (χ2n) is 11.7. The number of carboxylic acid groups (broad SMARTS) is 1. The molecule has 0 radical (unpaired) electrons. The third-order valence-electron chi connectivity index (χ3n) is 8.43. The predicted octanol–water partition coefficient (Wildman–Crippen LogP) is 7.25. The van der Waals surface area contributed by atoms with E-state index in [4.69, 9.17) is 0 Å². The molecular weight excluding hydrogens is 540 g/mol. The SMILES string of the molecule is CCCCCc1ccc(CNC(=O)c2ccccc2CN(Cc2ccc(O)c(C(=O)O)c2)C(=O)CCC2CCCC2)cc1. The van der Waals surface area contributed by atoms with Gasteiger partial charge in [0, 0.05) is 31.6 Å². The summed E-state index contributed by atoms with van der Waals surface area (Å²) in [5, 5.41) is 22.5. The molecule has 228 valence electrons. The van der Waals surface area contributed by atoms with Crippen LogP contribution in [0.25, 0.3) is 0 Å². The number of aryl methyl sites for hydroxylation is 1. The molecule has 43 heavy (non-hydrogen) atoms. The van der Waals surface area contributed by atoms with Crippen LogP contribution in [0, 0.1) is 5.92 Å². The Kier molecular flexibility index (Phi) is 11.8. The van der Waals surface area contributed by atoms with Gasteiger partial charge in [-0.3, -0.25) is 9.59 Å². The van der Waals surface area contributed by atoms with Crippen molar-refractivity contribution in [2.24, 2.45) is 5.92 Å². The number of carbonyl (C=O) groups excluding carboxylic acids is 2. The molecule has 1 fully saturated rings. The molecule has 0 heterocycles. The summed E-state index contributed by atoms with van der Waals surface area (Å²) in [5.74, 6) is -1.23. The summed E-state index contributed by atoms with van der Waals surface area (Å²) in [6, 6.07) is 20.0. The molecule has 1 aliphatic rings. The predicted molar refractivity (Wildman–Crippen MR) is 168 cm³/mol. The Morgan fingerprint density at radius 2 is 1.56 bits per heavy atom. The molecule has 3 aromatic carbocycles. The molecule has 0 atom stereocenters. The topological polar surface area (TPSA) is 107 Å². The Balaban J connectivity index is 1.47. The first-order valence-electron chi connectivity index (χ1n) is 15.6. The first kappa shape index (κ1) is 31.8. The fourth-order valence-corrected chi connectivity index (χ4v) is 5.86. The van der Waals surface area contributed by atoms with E-state index in [-0.39, 0.29) is 36.2 Å². The van der Waals surface area contributed by atoms with E-state index in [1.807, 2.05) is 18.2 Å². The molecular formula is C36H44N2O5. The summed E-state index contributed by atoms with van der Waals surface area (Å²) < 4.78 is 0. The molecule has 0 spiro atoms. The van der Waals surface area contributed by atoms with Crippen LogP contribution < -0.4 is 5.32 Å². The van der Waals surface area contributed by atoms with E-state index >= 15 is 0 Å². The van der Waals surface area contributed by atoms with Crippen molar-refractivity contribution in [2.45, 2.75) is 90.8 Å². The third-order valence-corrected chi connectivity index (χ3v) is 8.43. The van der Waals surface area contributed by atoms with Crippen molar-refractivity contribution < 1.29 is 24.6 Å². The zero-order valence-electron chi connectivity index (χ0n) is 25.2. The summed E-state index contributed by atoms with van der Waals surface area (Å²) in [5.41, 5.74) is 3.95. The summed E-state index contributed by atoms with van der Waals surface area (Å²) in [4.78, 5) is 40.2. The lowest BCUT2D eigenvalue weighted by molar-refractivity contribution is -0.132. The second kappa shape index (κ2) is 15.9. The van der Waals surface area contributed by atoms with Crippen LogP contribution in [0.5, 0.6) is 5.75 Å². The lowest BCUT2D eigenvalue weighted by atomic mass is 10.0. The molecule has 4 rings (SSSR count). The van der Waals surface area contributed by atoms with E-state index in [0.717, 1.165) is 36.8 Å². The highest BCUT2D eigenvalue weighted by Crippen LogP contribution is 2.29. The number of carboxylic acids is 1. The Labute approximate surface area is 254 Å². The molecule has 2 amide bonds. The number of rotatable bonds is 15. The number of carbonyl (C=O) groups is 3. The number of unbranched alkanes of at least 4 members (excludes halogenated alkanes) is 2. The quantitative estimate of drug-likeness (QED) is 0.163. The fraction of sp³-hybridized carbons (Fsp3) is 0.417. The van der Waals surface area contributed by atoms with Gasteiger partial charge < -0.3 is 20.4 Å². The average molecular weight is 585 g/mol. The van der Waals surface area contributed by atoms with Crippen molar-refractivity contribution in [3.05, 3.63) is 100 Å². The van der Waals surface area contributed by atoms with Gasteiger partial charge in [0.25, 0.3) is 5.91 Å². The minimum Gasteiger partial charge on any atom is -0.507 e. The van der Waals surface area contributed by atoms with Crippen molar-refractivity contribution in [3.8, 4) is 5.75 Å². The molecule has 3 aromatic rings. The number of benzene rings is 3. The molecule has 0 aromatic heterocycles. The number of aromatic hydroxyl groups is 1. The van der Waals surface area contributed by atoms with Crippen LogP contribution in [0.15, 0.2) is 66.7 Å². The van der Waals surface area contributed by atoms with E-state index in [2.05, 4.69) is 36.5 Å². The summed E-state index contributed by atoms with van der Waals surface area (Å²) >= 11 is 0. The molecule has 0 bridgehead atoms. The highest BCUT2D eigenvalue weighted by atomic mass is 16.4. The van der Waals surface area contributed by atoms with E-state index in [1.54, 1.807) is 17.0 Å². The molecule has 7 nitrogen and oxygen atoms in total. The number of phenols is 1. The van der Waals surface area contributed by atoms with Crippen LogP contribution in [-0.2, 0) is 30.8 Å². The minimum absolute atomic E-state index is 0.0360. The smallest absolute Gasteiger partial charge is 0.339 e. The first-order chi connectivity index (χ1) is 20.8. The number of hydrogen-bond donors (Lipinski definition) is 3. The van der Waals surface area contributed by atoms with Crippen LogP contribution in [0.1, 0.15) is 108 Å². The summed E-state index contributed by atoms with van der Waals surface area (Å²) in [7, 11) is 0. The largest absolute Gasteiger partial charge is 0.507 e. The van der Waals surface area contributed by atoms with Gasteiger partial charge in [-0.15, -0.1) is 0 Å². The van der Waals surface area contributed by atoms with Gasteiger partial charge in [-0.1, -0.05) is 94.0 Å². The number of nitrogens with zero attached hydrogens (tertiary/aromatic N) is 1. The maximum Gasteiger partial charge on any atom is 0.339 e. The molecule has 3 N–H and O–H groups in total. The molecule has 0 saturated heterocycles. The Morgan fingerprint density at radius 1 is 0.860 bits per heavy atom. The van der Waals surface area contributed by atoms with E-state index < -0.39 is 5.97 Å². The number of amides is 2. The van der Waals surface area contributed by atoms with Gasteiger partial charge in [-0.2, -0.15) is 0 Å². The van der Waals surface area contributed by atoms with Crippen molar-refractivity contribution in [1.29, 1.82) is 0 Å². The van der Waals surface area contributed by atoms with Crippen LogP contribution in [0.4, 0.5) is 0 Å². The number of nitrogens with one attached hydrogen (secondary N) is 1. The average Bonchev–Trinajstić information content (AvgIpc) is 3.54. The monoisotopic (exact) mass is 584 g/mol. The maximum absolute atomic E-state index is 13.6. The molecule has 0 aliphatic heterocycles. The van der Waals surface area contributed by atoms with Crippen molar-refractivity contribution >= 4 is 17.8 Å². The standard InChI is InChI=1S/C36H44N2O5/c1-2-3-4-9-27-14-16-28(17-15-27)23-37-35(41)31-13-8-7-12-30(31)25-38(34(40)21-19-26-10-5-6-11-26)24-29-18-20-33(39)32(22-29)36(42)43/h7-8,12-18,20,22,26,39H,2-6,9-11,19,21,23-25H2,1H3,(H,37,41)(H,42,43). The molecule has 1 aliphatic carbocycles. The summed E-state index contributed by atoms with van der Waals surface area (Å²) in [6.07, 6.45) is 10.6. The van der Waals surface area contributed by atoms with Crippen LogP contribution in [0.2, 0.25) is 0 Å². The Hall–Kier alpha value is -4.13. The van der Waals surface area contributed by atoms with E-state index in [1.165, 1.54) is 49.8 Å². The van der Waals surface area contributed by atoms with Gasteiger partial charge >= 0.3 is 5.97 Å². The van der Waals surface area contributed by atoms with E-state index in [0.29, 0.717) is 30.0 Å². The third kappa shape index (κ3) is 9.43. The highest BCUT2D eigenvalue weighted by molar-refractivity contribution is 5.95. The lowest BCUT2D eigenvalue weighted by Gasteiger charge is -2.25. The minimum atomic E-state index is -1.23. The molecule has 7 heteroatoms. The van der Waals surface area contributed by atoms with Crippen molar-refractivity contribution in [1.82, 2.24) is 10.2 Å². The Bertz CT molecular complexity index is 1380. The normalized spacial score (nSPS) is 13.1. The van der Waals surface area contributed by atoms with Gasteiger partial charge in [0.15, 0.2) is 0 Å². The van der Waals surface area contributed by atoms with Gasteiger partial charge in [0.1, 0.15) is 11.3 Å². The number of aromatic carboxylic acids is 1. The van der Waals surface area contributed by atoms with Crippen LogP contribution in [-0.4, -0.2) is 32.9 Å². The molecule has 1 saturated carbocycles. The fourth-order valence-electron chi connectivity index (χ4n) is 5.86. The Morgan fingerprint density at radius 3 is 2.28 bits per heavy atom. The van der Waals surface area contributed by atoms with Gasteiger partial charge in [-0.05, 0) is 65.6 Å². The highest BCUT2D eigenvalue weighted by Gasteiger charge is 2.22. The van der Waals surface area contributed by atoms with Crippen LogP contribution in [0.3, 0.4) is 0 Å². The van der Waals surface area contributed by atoms with Gasteiger partial charge in [-0.25, -0.2) is 4.79 Å². The maximum atomic E-state index is 13.6. The lowest BCUT2D eigenvalue weighted by Crippen LogP contribution is -2.32. The van der Waals surface area contributed by atoms with Gasteiger partial charge in [0.2, 0.25) is 5.91 Å².